The van der Waals surface area contributed by atoms with Gasteiger partial charge < -0.3 is 57.6 Å². The van der Waals surface area contributed by atoms with Crippen molar-refractivity contribution in [2.45, 2.75) is 116 Å². The quantitative estimate of drug-likeness (QED) is 0.0874. The maximum atomic E-state index is 11.9. The molecule has 20 nitrogen and oxygen atoms in total. The molecule has 0 amide bonds. The summed E-state index contributed by atoms with van der Waals surface area (Å²) in [6, 6.07) is 0. The second-order valence-corrected chi connectivity index (χ2v) is 10.2. The zero-order chi connectivity index (χ0) is 39.1. The van der Waals surface area contributed by atoms with Gasteiger partial charge in [0.05, 0.1) is 25.7 Å². The lowest BCUT2D eigenvalue weighted by molar-refractivity contribution is -0.198. The van der Waals surface area contributed by atoms with Gasteiger partial charge in [0, 0.05) is 28.4 Å². The van der Waals surface area contributed by atoms with Crippen molar-refractivity contribution in [3.05, 3.63) is 0 Å². The Morgan fingerprint density at radius 2 is 0.640 bits per heavy atom. The summed E-state index contributed by atoms with van der Waals surface area (Å²) in [4.78, 5) is 90.7. The summed E-state index contributed by atoms with van der Waals surface area (Å²) in [5.41, 5.74) is 0. The molecule has 50 heavy (non-hydrogen) atoms. The minimum atomic E-state index is -1.29. The van der Waals surface area contributed by atoms with Crippen LogP contribution >= 0.6 is 0 Å². The van der Waals surface area contributed by atoms with E-state index in [9.17, 15) is 38.4 Å². The molecule has 0 saturated carbocycles. The van der Waals surface area contributed by atoms with Gasteiger partial charge in [0.1, 0.15) is 12.2 Å². The third-order valence-electron chi connectivity index (χ3n) is 5.92. The number of carboxylic acids is 2. The fraction of sp³-hybridized carbons (Fsp3) is 0.733. The number of carbonyl (C=O) groups excluding carboxylic acids is 6. The van der Waals surface area contributed by atoms with Crippen molar-refractivity contribution in [2.24, 2.45) is 0 Å². The van der Waals surface area contributed by atoms with Crippen molar-refractivity contribution in [1.29, 1.82) is 0 Å². The monoisotopic (exact) mass is 728 g/mol. The van der Waals surface area contributed by atoms with E-state index in [-0.39, 0.29) is 12.8 Å². The third kappa shape index (κ3) is 20.9. The number of carboxylic acid groups (broad SMARTS) is 2. The Morgan fingerprint density at radius 3 is 0.880 bits per heavy atom. The Labute approximate surface area is 288 Å². The standard InChI is InChI=1S/2C15H24O10/c2*1-8(23-12(18)7-6-11(16)17)13(19)24-9(2)14(20)25-10(3)15(21-4)22-5/h2*8-10,15H,6-7H2,1-5H3,(H,16,17). The van der Waals surface area contributed by atoms with Crippen LogP contribution in [0.25, 0.3) is 0 Å². The molecule has 2 N–H and O–H groups in total. The lowest BCUT2D eigenvalue weighted by Crippen LogP contribution is -2.37. The van der Waals surface area contributed by atoms with Crippen molar-refractivity contribution in [2.75, 3.05) is 28.4 Å². The molecule has 0 bridgehead atoms. The van der Waals surface area contributed by atoms with Crippen LogP contribution in [0, 0.1) is 0 Å². The first-order valence-corrected chi connectivity index (χ1v) is 15.0. The average molecular weight is 729 g/mol. The molecular formula is C30H48O20. The van der Waals surface area contributed by atoms with Crippen LogP contribution in [-0.4, -0.2) is 136 Å². The van der Waals surface area contributed by atoms with E-state index < -0.39 is 110 Å². The summed E-state index contributed by atoms with van der Waals surface area (Å²) >= 11 is 0. The Bertz CT molecular complexity index is 1030. The van der Waals surface area contributed by atoms with Gasteiger partial charge in [0.2, 0.25) is 0 Å². The van der Waals surface area contributed by atoms with Gasteiger partial charge in [-0.3, -0.25) is 19.2 Å². The highest BCUT2D eigenvalue weighted by atomic mass is 16.7. The maximum Gasteiger partial charge on any atom is 0.347 e. The van der Waals surface area contributed by atoms with Crippen molar-refractivity contribution >= 4 is 47.8 Å². The Kier molecular flexibility index (Phi) is 24.4. The molecule has 288 valence electrons. The zero-order valence-electron chi connectivity index (χ0n) is 29.7. The highest BCUT2D eigenvalue weighted by molar-refractivity contribution is 5.84. The Morgan fingerprint density at radius 1 is 0.400 bits per heavy atom. The molecule has 0 aromatic heterocycles. The molecule has 6 unspecified atom stereocenters. The Balaban J connectivity index is 0. The number of rotatable bonds is 22. The van der Waals surface area contributed by atoms with Crippen LogP contribution in [-0.2, 0) is 85.7 Å². The van der Waals surface area contributed by atoms with Gasteiger partial charge in [-0.2, -0.15) is 0 Å². The normalized spacial score (nSPS) is 14.3. The molecule has 0 aliphatic rings. The summed E-state index contributed by atoms with van der Waals surface area (Å²) in [7, 11) is 5.51. The molecular weight excluding hydrogens is 680 g/mol. The van der Waals surface area contributed by atoms with E-state index in [1.807, 2.05) is 0 Å². The number of hydrogen-bond donors (Lipinski definition) is 2. The Hall–Kier alpha value is -4.40. The van der Waals surface area contributed by atoms with Crippen LogP contribution in [0.5, 0.6) is 0 Å². The summed E-state index contributed by atoms with van der Waals surface area (Å²) in [5.74, 6) is -7.64. The first-order chi connectivity index (χ1) is 23.2. The molecule has 0 radical (unpaired) electrons. The van der Waals surface area contributed by atoms with Gasteiger partial charge in [-0.05, 0) is 41.5 Å². The molecule has 0 aliphatic carbocycles. The highest BCUT2D eigenvalue weighted by Crippen LogP contribution is 2.10. The number of methoxy groups -OCH3 is 4. The smallest absolute Gasteiger partial charge is 0.347 e. The summed E-state index contributed by atoms with van der Waals surface area (Å²) < 4.78 is 49.0. The van der Waals surface area contributed by atoms with Crippen molar-refractivity contribution < 1.29 is 95.9 Å². The van der Waals surface area contributed by atoms with Gasteiger partial charge >= 0.3 is 47.8 Å². The topological polar surface area (TPSA) is 269 Å². The first-order valence-electron chi connectivity index (χ1n) is 15.0. The van der Waals surface area contributed by atoms with Crippen LogP contribution in [0.1, 0.15) is 67.2 Å². The van der Waals surface area contributed by atoms with Crippen molar-refractivity contribution in [3.8, 4) is 0 Å². The molecule has 0 aromatic rings. The van der Waals surface area contributed by atoms with Gasteiger partial charge in [-0.15, -0.1) is 0 Å². The predicted molar refractivity (Wildman–Crippen MR) is 163 cm³/mol. The molecule has 0 rings (SSSR count). The van der Waals surface area contributed by atoms with Crippen molar-refractivity contribution in [1.82, 2.24) is 0 Å². The fourth-order valence-electron chi connectivity index (χ4n) is 3.29. The van der Waals surface area contributed by atoms with E-state index >= 15 is 0 Å². The molecule has 0 heterocycles. The fourth-order valence-corrected chi connectivity index (χ4v) is 3.29. The molecule has 0 spiro atoms. The summed E-state index contributed by atoms with van der Waals surface area (Å²) in [6.07, 6.45) is -9.70. The lowest BCUT2D eigenvalue weighted by atomic mass is 10.3. The molecule has 0 aliphatic heterocycles. The van der Waals surface area contributed by atoms with Gasteiger partial charge in [-0.1, -0.05) is 0 Å². The summed E-state index contributed by atoms with van der Waals surface area (Å²) in [5, 5.41) is 16.9. The third-order valence-corrected chi connectivity index (χ3v) is 5.92. The number of hydrogen-bond acceptors (Lipinski definition) is 18. The van der Waals surface area contributed by atoms with Crippen LogP contribution in [0.15, 0.2) is 0 Å². The summed E-state index contributed by atoms with van der Waals surface area (Å²) in [6.45, 7) is 8.15. The van der Waals surface area contributed by atoms with Crippen LogP contribution in [0.4, 0.5) is 0 Å². The number of carbonyl (C=O) groups is 8. The highest BCUT2D eigenvalue weighted by Gasteiger charge is 2.30. The minimum Gasteiger partial charge on any atom is -0.481 e. The minimum absolute atomic E-state index is 0.377. The number of aliphatic carboxylic acids is 2. The van der Waals surface area contributed by atoms with E-state index in [4.69, 9.17) is 57.6 Å². The predicted octanol–water partition coefficient (Wildman–Crippen LogP) is 0.530. The number of esters is 6. The molecule has 20 heteroatoms. The van der Waals surface area contributed by atoms with E-state index in [1.165, 1.54) is 70.0 Å². The van der Waals surface area contributed by atoms with Gasteiger partial charge in [0.15, 0.2) is 37.0 Å². The first kappa shape index (κ1) is 47.7. The largest absolute Gasteiger partial charge is 0.481 e. The average Bonchev–Trinajstić information content (AvgIpc) is 3.03. The van der Waals surface area contributed by atoms with E-state index in [0.717, 1.165) is 0 Å². The van der Waals surface area contributed by atoms with Gasteiger partial charge in [0.25, 0.3) is 0 Å². The zero-order valence-corrected chi connectivity index (χ0v) is 29.7. The second kappa shape index (κ2) is 25.6. The van der Waals surface area contributed by atoms with E-state index in [0.29, 0.717) is 0 Å². The number of ether oxygens (including phenoxy) is 10. The molecule has 0 fully saturated rings. The second-order valence-electron chi connectivity index (χ2n) is 10.2. The van der Waals surface area contributed by atoms with Crippen LogP contribution in [0.3, 0.4) is 0 Å². The van der Waals surface area contributed by atoms with Gasteiger partial charge in [-0.25, -0.2) is 19.2 Å². The van der Waals surface area contributed by atoms with Crippen LogP contribution < -0.4 is 0 Å². The SMILES string of the molecule is COC(OC)C(C)OC(=O)C(C)OC(=O)C(C)OC(=O)CCC(=O)O.COC(OC)C(C)OC(=O)C(C)OC(=O)C(C)OC(=O)CCC(=O)O. The molecule has 0 aromatic carbocycles. The molecule has 0 saturated heterocycles. The molecule has 6 atom stereocenters. The van der Waals surface area contributed by atoms with Crippen LogP contribution in [0.2, 0.25) is 0 Å². The van der Waals surface area contributed by atoms with E-state index in [1.54, 1.807) is 0 Å². The van der Waals surface area contributed by atoms with E-state index in [2.05, 4.69) is 0 Å². The van der Waals surface area contributed by atoms with Crippen molar-refractivity contribution in [3.63, 3.8) is 0 Å². The maximum absolute atomic E-state index is 11.9. The lowest BCUT2D eigenvalue weighted by Gasteiger charge is -2.23.